The molecule has 1 aliphatic heterocycles. The number of anilines is 2. The number of amides is 2. The van der Waals surface area contributed by atoms with Crippen LogP contribution in [0.2, 0.25) is 5.02 Å². The average Bonchev–Trinajstić information content (AvgIpc) is 2.65. The topological polar surface area (TPSA) is 70.7 Å². The Morgan fingerprint density at radius 2 is 1.96 bits per heavy atom. The number of morpholine rings is 1. The molecule has 3 rings (SSSR count). The Hall–Kier alpha value is -2.48. The number of benzene rings is 2. The van der Waals surface area contributed by atoms with Gasteiger partial charge in [0.2, 0.25) is 0 Å². The van der Waals surface area contributed by atoms with Crippen LogP contribution in [0.4, 0.5) is 15.8 Å². The summed E-state index contributed by atoms with van der Waals surface area (Å²) < 4.78 is 18.7. The third-order valence-corrected chi connectivity index (χ3v) is 4.81. The number of nitrogens with one attached hydrogen (secondary N) is 2. The van der Waals surface area contributed by atoms with Crippen molar-refractivity contribution in [1.82, 2.24) is 4.90 Å². The average molecular weight is 406 g/mol. The second-order valence-corrected chi connectivity index (χ2v) is 7.13. The fourth-order valence-electron chi connectivity index (χ4n) is 2.83. The molecular weight excluding hydrogens is 385 g/mol. The SMILES string of the molecule is Cc1ccc(C(=O)Nc2ccc(F)cc2Cl)cc1NC(=O)C1CN(C)CCO1. The number of likely N-dealkylation sites (N-methyl/N-ethyl adjacent to an activating group) is 1. The van der Waals surface area contributed by atoms with Gasteiger partial charge in [-0.1, -0.05) is 17.7 Å². The molecule has 1 unspecified atom stereocenters. The third-order valence-electron chi connectivity index (χ3n) is 4.50. The summed E-state index contributed by atoms with van der Waals surface area (Å²) in [6.45, 7) is 3.62. The summed E-state index contributed by atoms with van der Waals surface area (Å²) in [6, 6.07) is 8.70. The van der Waals surface area contributed by atoms with E-state index in [0.717, 1.165) is 18.2 Å². The highest BCUT2D eigenvalue weighted by Gasteiger charge is 2.25. The lowest BCUT2D eigenvalue weighted by molar-refractivity contribution is -0.132. The molecule has 1 fully saturated rings. The van der Waals surface area contributed by atoms with Gasteiger partial charge in [0.25, 0.3) is 11.8 Å². The maximum atomic E-state index is 13.2. The molecule has 0 aromatic heterocycles. The molecule has 2 N–H and O–H groups in total. The summed E-state index contributed by atoms with van der Waals surface area (Å²) in [4.78, 5) is 27.1. The molecule has 28 heavy (non-hydrogen) atoms. The molecule has 1 aliphatic rings. The van der Waals surface area contributed by atoms with Crippen LogP contribution >= 0.6 is 11.6 Å². The summed E-state index contributed by atoms with van der Waals surface area (Å²) in [7, 11) is 1.93. The molecule has 148 valence electrons. The van der Waals surface area contributed by atoms with E-state index in [1.54, 1.807) is 18.2 Å². The van der Waals surface area contributed by atoms with Crippen molar-refractivity contribution in [2.24, 2.45) is 0 Å². The number of halogens is 2. The van der Waals surface area contributed by atoms with E-state index >= 15 is 0 Å². The first-order valence-corrected chi connectivity index (χ1v) is 9.19. The minimum absolute atomic E-state index is 0.104. The normalized spacial score (nSPS) is 17.2. The van der Waals surface area contributed by atoms with Crippen LogP contribution < -0.4 is 10.6 Å². The Bertz CT molecular complexity index is 906. The zero-order valence-electron chi connectivity index (χ0n) is 15.6. The highest BCUT2D eigenvalue weighted by molar-refractivity contribution is 6.33. The smallest absolute Gasteiger partial charge is 0.255 e. The maximum Gasteiger partial charge on any atom is 0.255 e. The van der Waals surface area contributed by atoms with E-state index in [1.165, 1.54) is 12.1 Å². The van der Waals surface area contributed by atoms with Gasteiger partial charge in [-0.3, -0.25) is 9.59 Å². The standard InChI is InChI=1S/C20H21ClFN3O3/c1-12-3-4-13(19(26)23-16-6-5-14(22)10-15(16)21)9-17(12)24-20(27)18-11-25(2)7-8-28-18/h3-6,9-10,18H,7-8,11H2,1-2H3,(H,23,26)(H,24,27). The number of nitrogens with zero attached hydrogens (tertiary/aromatic N) is 1. The number of aryl methyl sites for hydroxylation is 1. The van der Waals surface area contributed by atoms with Gasteiger partial charge in [-0.15, -0.1) is 0 Å². The van der Waals surface area contributed by atoms with Crippen LogP contribution in [-0.4, -0.2) is 49.6 Å². The van der Waals surface area contributed by atoms with Crippen LogP contribution in [0.25, 0.3) is 0 Å². The van der Waals surface area contributed by atoms with Crippen LogP contribution in [-0.2, 0) is 9.53 Å². The molecule has 0 spiro atoms. The van der Waals surface area contributed by atoms with Crippen LogP contribution in [0.1, 0.15) is 15.9 Å². The molecule has 1 saturated heterocycles. The highest BCUT2D eigenvalue weighted by atomic mass is 35.5. The zero-order valence-corrected chi connectivity index (χ0v) is 16.3. The lowest BCUT2D eigenvalue weighted by Crippen LogP contribution is -2.46. The summed E-state index contributed by atoms with van der Waals surface area (Å²) in [6.07, 6.45) is -0.561. The first kappa shape index (κ1) is 20.3. The Labute approximate surface area is 167 Å². The summed E-state index contributed by atoms with van der Waals surface area (Å²) in [5, 5.41) is 5.58. The van der Waals surface area contributed by atoms with Crippen LogP contribution in [0.15, 0.2) is 36.4 Å². The predicted molar refractivity (Wildman–Crippen MR) is 106 cm³/mol. The van der Waals surface area contributed by atoms with E-state index in [2.05, 4.69) is 10.6 Å². The van der Waals surface area contributed by atoms with E-state index in [0.29, 0.717) is 30.1 Å². The minimum atomic E-state index is -0.561. The van der Waals surface area contributed by atoms with Crippen molar-refractivity contribution in [2.75, 3.05) is 37.4 Å². The summed E-state index contributed by atoms with van der Waals surface area (Å²) in [5.41, 5.74) is 1.98. The van der Waals surface area contributed by atoms with Crippen LogP contribution in [0, 0.1) is 12.7 Å². The number of carbonyl (C=O) groups excluding carboxylic acids is 2. The van der Waals surface area contributed by atoms with E-state index in [9.17, 15) is 14.0 Å². The Balaban J connectivity index is 1.73. The largest absolute Gasteiger partial charge is 0.366 e. The van der Waals surface area contributed by atoms with Crippen molar-refractivity contribution in [3.05, 3.63) is 58.4 Å². The van der Waals surface area contributed by atoms with Crippen molar-refractivity contribution in [1.29, 1.82) is 0 Å². The quantitative estimate of drug-likeness (QED) is 0.818. The number of carbonyl (C=O) groups is 2. The van der Waals surface area contributed by atoms with Crippen molar-refractivity contribution < 1.29 is 18.7 Å². The van der Waals surface area contributed by atoms with Gasteiger partial charge >= 0.3 is 0 Å². The highest BCUT2D eigenvalue weighted by Crippen LogP contribution is 2.24. The van der Waals surface area contributed by atoms with Crippen LogP contribution in [0.3, 0.4) is 0 Å². The number of hydrogen-bond acceptors (Lipinski definition) is 4. The Morgan fingerprint density at radius 3 is 2.68 bits per heavy atom. The Morgan fingerprint density at radius 1 is 1.18 bits per heavy atom. The van der Waals surface area contributed by atoms with Crippen molar-refractivity contribution in [3.8, 4) is 0 Å². The lowest BCUT2D eigenvalue weighted by Gasteiger charge is -2.29. The maximum absolute atomic E-state index is 13.2. The molecule has 1 heterocycles. The van der Waals surface area contributed by atoms with Gasteiger partial charge in [0.1, 0.15) is 11.9 Å². The van der Waals surface area contributed by atoms with Crippen LogP contribution in [0.5, 0.6) is 0 Å². The fourth-order valence-corrected chi connectivity index (χ4v) is 3.05. The third kappa shape index (κ3) is 4.86. The first-order chi connectivity index (χ1) is 13.3. The molecule has 2 amide bonds. The van der Waals surface area contributed by atoms with E-state index < -0.39 is 17.8 Å². The van der Waals surface area contributed by atoms with Gasteiger partial charge in [-0.05, 0) is 49.9 Å². The van der Waals surface area contributed by atoms with Gasteiger partial charge in [0.15, 0.2) is 0 Å². The predicted octanol–water partition coefficient (Wildman–Crippen LogP) is 3.31. The molecule has 0 bridgehead atoms. The molecule has 2 aromatic carbocycles. The second-order valence-electron chi connectivity index (χ2n) is 6.72. The minimum Gasteiger partial charge on any atom is -0.366 e. The van der Waals surface area contributed by atoms with Gasteiger partial charge in [-0.25, -0.2) is 4.39 Å². The molecule has 0 radical (unpaired) electrons. The van der Waals surface area contributed by atoms with Gasteiger partial charge < -0.3 is 20.3 Å². The van der Waals surface area contributed by atoms with E-state index in [4.69, 9.17) is 16.3 Å². The van der Waals surface area contributed by atoms with E-state index in [-0.39, 0.29) is 10.9 Å². The lowest BCUT2D eigenvalue weighted by atomic mass is 10.1. The van der Waals surface area contributed by atoms with Crippen molar-refractivity contribution in [2.45, 2.75) is 13.0 Å². The van der Waals surface area contributed by atoms with Crippen molar-refractivity contribution >= 4 is 34.8 Å². The molecule has 0 saturated carbocycles. The molecule has 0 aliphatic carbocycles. The van der Waals surface area contributed by atoms with Gasteiger partial charge in [0, 0.05) is 24.3 Å². The number of ether oxygens (including phenoxy) is 1. The first-order valence-electron chi connectivity index (χ1n) is 8.81. The fraction of sp³-hybridized carbons (Fsp3) is 0.300. The Kier molecular flexibility index (Phi) is 6.28. The molecule has 8 heteroatoms. The number of rotatable bonds is 4. The monoisotopic (exact) mass is 405 g/mol. The number of hydrogen-bond donors (Lipinski definition) is 2. The summed E-state index contributed by atoms with van der Waals surface area (Å²) >= 11 is 5.95. The van der Waals surface area contributed by atoms with Crippen molar-refractivity contribution in [3.63, 3.8) is 0 Å². The molecular formula is C20H21ClFN3O3. The van der Waals surface area contributed by atoms with Gasteiger partial charge in [0.05, 0.1) is 17.3 Å². The molecule has 1 atom stereocenters. The van der Waals surface area contributed by atoms with Gasteiger partial charge in [-0.2, -0.15) is 0 Å². The second kappa shape index (κ2) is 8.68. The zero-order chi connectivity index (χ0) is 20.3. The summed E-state index contributed by atoms with van der Waals surface area (Å²) in [5.74, 6) is -1.16. The molecule has 6 nitrogen and oxygen atoms in total. The van der Waals surface area contributed by atoms with E-state index in [1.807, 2.05) is 18.9 Å². The molecule has 2 aromatic rings.